The van der Waals surface area contributed by atoms with Crippen LogP contribution in [0.3, 0.4) is 0 Å². The number of aromatic nitrogens is 3. The van der Waals surface area contributed by atoms with E-state index in [9.17, 15) is 0 Å². The van der Waals surface area contributed by atoms with Gasteiger partial charge in [-0.2, -0.15) is 0 Å². The van der Waals surface area contributed by atoms with Gasteiger partial charge in [-0.15, -0.1) is 21.5 Å². The second-order valence-corrected chi connectivity index (χ2v) is 8.83. The van der Waals surface area contributed by atoms with Crippen LogP contribution < -0.4 is 0 Å². The molecule has 132 valence electrons. The molecule has 0 saturated heterocycles. The molecule has 6 heteroatoms. The molecule has 0 radical (unpaired) electrons. The smallest absolute Gasteiger partial charge is 0.192 e. The summed E-state index contributed by atoms with van der Waals surface area (Å²) in [6.07, 6.45) is 0. The summed E-state index contributed by atoms with van der Waals surface area (Å²) < 4.78 is 2.22. The normalized spacial score (nSPS) is 11.6. The van der Waals surface area contributed by atoms with Crippen LogP contribution in [0.4, 0.5) is 0 Å². The van der Waals surface area contributed by atoms with E-state index >= 15 is 0 Å². The van der Waals surface area contributed by atoms with Crippen LogP contribution in [-0.2, 0) is 5.75 Å². The zero-order valence-corrected chi connectivity index (χ0v) is 17.3. The number of thioether (sulfide) groups is 1. The van der Waals surface area contributed by atoms with Crippen LogP contribution in [0.15, 0.2) is 40.9 Å². The lowest BCUT2D eigenvalue weighted by Crippen LogP contribution is -2.04. The number of thiophene rings is 1. The van der Waals surface area contributed by atoms with Gasteiger partial charge in [-0.25, -0.2) is 0 Å². The van der Waals surface area contributed by atoms with Crippen LogP contribution in [0.2, 0.25) is 5.02 Å². The summed E-state index contributed by atoms with van der Waals surface area (Å²) in [5.41, 5.74) is 2.27. The van der Waals surface area contributed by atoms with Crippen LogP contribution in [-0.4, -0.2) is 14.8 Å². The second kappa shape index (κ2) is 7.94. The molecule has 0 saturated carbocycles. The highest BCUT2D eigenvalue weighted by Gasteiger charge is 2.18. The summed E-state index contributed by atoms with van der Waals surface area (Å²) in [7, 11) is 0. The minimum atomic E-state index is 0.293. The number of hydrogen-bond acceptors (Lipinski definition) is 4. The van der Waals surface area contributed by atoms with Crippen LogP contribution in [0, 0.1) is 0 Å². The molecule has 2 aromatic heterocycles. The SMILES string of the molecule is CC(C)c1cc(-c2nnc(SCc3ccccc3Cl)n2C(C)C)cs1. The maximum atomic E-state index is 6.27. The van der Waals surface area contributed by atoms with Crippen molar-refractivity contribution < 1.29 is 0 Å². The Labute approximate surface area is 162 Å². The van der Waals surface area contributed by atoms with Gasteiger partial charge in [0.1, 0.15) is 0 Å². The van der Waals surface area contributed by atoms with E-state index in [1.807, 2.05) is 18.2 Å². The molecular formula is C19H22ClN3S2. The van der Waals surface area contributed by atoms with E-state index in [0.717, 1.165) is 32.9 Å². The van der Waals surface area contributed by atoms with Gasteiger partial charge in [0.05, 0.1) is 0 Å². The zero-order chi connectivity index (χ0) is 18.0. The number of nitrogens with zero attached hydrogens (tertiary/aromatic N) is 3. The Morgan fingerprint density at radius 2 is 1.92 bits per heavy atom. The highest BCUT2D eigenvalue weighted by molar-refractivity contribution is 7.98. The predicted octanol–water partition coefficient (Wildman–Crippen LogP) is 6.66. The molecular weight excluding hydrogens is 370 g/mol. The number of halogens is 1. The molecule has 0 bridgehead atoms. The quantitative estimate of drug-likeness (QED) is 0.440. The monoisotopic (exact) mass is 391 g/mol. The molecule has 0 aliphatic heterocycles. The Hall–Kier alpha value is -1.30. The molecule has 3 aromatic rings. The van der Waals surface area contributed by atoms with E-state index in [4.69, 9.17) is 11.6 Å². The molecule has 1 aromatic carbocycles. The summed E-state index contributed by atoms with van der Waals surface area (Å²) in [6.45, 7) is 8.77. The molecule has 3 nitrogen and oxygen atoms in total. The van der Waals surface area contributed by atoms with Gasteiger partial charge in [-0.3, -0.25) is 4.57 Å². The van der Waals surface area contributed by atoms with Gasteiger partial charge in [0.25, 0.3) is 0 Å². The summed E-state index contributed by atoms with van der Waals surface area (Å²) in [6, 6.07) is 10.5. The van der Waals surface area contributed by atoms with E-state index in [-0.39, 0.29) is 0 Å². The molecule has 0 atom stereocenters. The van der Waals surface area contributed by atoms with Crippen molar-refractivity contribution in [3.63, 3.8) is 0 Å². The molecule has 0 aliphatic rings. The third-order valence-electron chi connectivity index (χ3n) is 3.94. The average molecular weight is 392 g/mol. The second-order valence-electron chi connectivity index (χ2n) is 6.54. The Bertz CT molecular complexity index is 852. The minimum absolute atomic E-state index is 0.293. The number of benzene rings is 1. The van der Waals surface area contributed by atoms with Crippen molar-refractivity contribution in [3.8, 4) is 11.4 Å². The van der Waals surface area contributed by atoms with Crippen molar-refractivity contribution in [1.29, 1.82) is 0 Å². The van der Waals surface area contributed by atoms with Crippen molar-refractivity contribution in [2.24, 2.45) is 0 Å². The van der Waals surface area contributed by atoms with Crippen molar-refractivity contribution in [3.05, 3.63) is 51.2 Å². The molecule has 2 heterocycles. The molecule has 0 N–H and O–H groups in total. The van der Waals surface area contributed by atoms with Gasteiger partial charge in [0.2, 0.25) is 0 Å². The molecule has 25 heavy (non-hydrogen) atoms. The Balaban J connectivity index is 1.88. The molecule has 0 amide bonds. The highest BCUT2D eigenvalue weighted by atomic mass is 35.5. The van der Waals surface area contributed by atoms with E-state index < -0.39 is 0 Å². The van der Waals surface area contributed by atoms with Crippen LogP contribution in [0.25, 0.3) is 11.4 Å². The first-order valence-electron chi connectivity index (χ1n) is 8.37. The molecule has 0 spiro atoms. The van der Waals surface area contributed by atoms with Gasteiger partial charge in [0, 0.05) is 32.6 Å². The van der Waals surface area contributed by atoms with Crippen molar-refractivity contribution in [1.82, 2.24) is 14.8 Å². The first kappa shape index (κ1) is 18.5. The van der Waals surface area contributed by atoms with Crippen LogP contribution >= 0.6 is 34.7 Å². The predicted molar refractivity (Wildman–Crippen MR) is 109 cm³/mol. The zero-order valence-electron chi connectivity index (χ0n) is 14.9. The topological polar surface area (TPSA) is 30.7 Å². The third kappa shape index (κ3) is 4.10. The first-order chi connectivity index (χ1) is 12.0. The van der Waals surface area contributed by atoms with Gasteiger partial charge in [0.15, 0.2) is 11.0 Å². The maximum Gasteiger partial charge on any atom is 0.192 e. The fourth-order valence-corrected chi connectivity index (χ4v) is 4.83. The third-order valence-corrected chi connectivity index (χ3v) is 6.54. The maximum absolute atomic E-state index is 6.27. The van der Waals surface area contributed by atoms with Crippen molar-refractivity contribution in [2.75, 3.05) is 0 Å². The van der Waals surface area contributed by atoms with E-state index in [1.165, 1.54) is 4.88 Å². The summed E-state index contributed by atoms with van der Waals surface area (Å²) >= 11 is 9.74. The lowest BCUT2D eigenvalue weighted by atomic mass is 10.1. The van der Waals surface area contributed by atoms with Crippen molar-refractivity contribution >= 4 is 34.7 Å². The minimum Gasteiger partial charge on any atom is -0.299 e. The summed E-state index contributed by atoms with van der Waals surface area (Å²) in [5, 5.41) is 12.8. The number of rotatable bonds is 6. The molecule has 3 rings (SSSR count). The molecule has 0 fully saturated rings. The Morgan fingerprint density at radius 3 is 2.56 bits per heavy atom. The van der Waals surface area contributed by atoms with E-state index in [2.05, 4.69) is 60.0 Å². The van der Waals surface area contributed by atoms with Gasteiger partial charge >= 0.3 is 0 Å². The average Bonchev–Trinajstić information content (AvgIpc) is 3.20. The lowest BCUT2D eigenvalue weighted by molar-refractivity contribution is 0.555. The van der Waals surface area contributed by atoms with Gasteiger partial charge in [-0.05, 0) is 37.5 Å². The van der Waals surface area contributed by atoms with Crippen LogP contribution in [0.1, 0.15) is 50.1 Å². The fourth-order valence-electron chi connectivity index (χ4n) is 2.57. The Morgan fingerprint density at radius 1 is 1.16 bits per heavy atom. The molecule has 0 unspecified atom stereocenters. The van der Waals surface area contributed by atoms with Gasteiger partial charge < -0.3 is 0 Å². The van der Waals surface area contributed by atoms with Crippen LogP contribution in [0.5, 0.6) is 0 Å². The highest BCUT2D eigenvalue weighted by Crippen LogP contribution is 2.34. The van der Waals surface area contributed by atoms with E-state index in [1.54, 1.807) is 23.1 Å². The largest absolute Gasteiger partial charge is 0.299 e. The lowest BCUT2D eigenvalue weighted by Gasteiger charge is -2.13. The standard InChI is InChI=1S/C19H22ClN3S2/c1-12(2)17-9-15(11-24-17)18-21-22-19(23(18)13(3)4)25-10-14-7-5-6-8-16(14)20/h5-9,11-13H,10H2,1-4H3. The fraction of sp³-hybridized carbons (Fsp3) is 0.368. The van der Waals surface area contributed by atoms with Gasteiger partial charge in [-0.1, -0.05) is 55.4 Å². The first-order valence-corrected chi connectivity index (χ1v) is 10.6. The molecule has 0 aliphatic carbocycles. The Kier molecular flexibility index (Phi) is 5.87. The van der Waals surface area contributed by atoms with Crippen molar-refractivity contribution in [2.45, 2.75) is 50.6 Å². The summed E-state index contributed by atoms with van der Waals surface area (Å²) in [5.74, 6) is 2.26. The van der Waals surface area contributed by atoms with E-state index in [0.29, 0.717) is 12.0 Å². The summed E-state index contributed by atoms with van der Waals surface area (Å²) in [4.78, 5) is 1.37. The number of hydrogen-bond donors (Lipinski definition) is 0.